The zero-order valence-corrected chi connectivity index (χ0v) is 17.2. The Morgan fingerprint density at radius 2 is 1.86 bits per heavy atom. The highest BCUT2D eigenvalue weighted by molar-refractivity contribution is 9.10. The van der Waals surface area contributed by atoms with Crippen LogP contribution in [0.3, 0.4) is 0 Å². The molecule has 3 rings (SSSR count). The van der Waals surface area contributed by atoms with Crippen molar-refractivity contribution >= 4 is 44.9 Å². The van der Waals surface area contributed by atoms with Gasteiger partial charge in [-0.3, -0.25) is 0 Å². The number of halogens is 2. The van der Waals surface area contributed by atoms with Gasteiger partial charge in [-0.1, -0.05) is 24.3 Å². The molecular weight excluding hydrogens is 465 g/mol. The average molecular weight is 480 g/mol. The molecule has 0 fully saturated rings. The number of ether oxygens (including phenoxy) is 1. The Hall–Kier alpha value is -2.91. The van der Waals surface area contributed by atoms with Crippen molar-refractivity contribution < 1.29 is 28.9 Å². The quantitative estimate of drug-likeness (QED) is 0.416. The molecule has 2 aromatic carbocycles. The smallest absolute Gasteiger partial charge is 0.349 e. The zero-order chi connectivity index (χ0) is 21.0. The van der Waals surface area contributed by atoms with E-state index in [0.29, 0.717) is 15.9 Å². The second-order valence-corrected chi connectivity index (χ2v) is 7.77. The van der Waals surface area contributed by atoms with Gasteiger partial charge in [-0.05, 0) is 51.3 Å². The molecule has 0 bridgehead atoms. The fourth-order valence-corrected chi connectivity index (χ4v) is 4.45. The van der Waals surface area contributed by atoms with E-state index in [1.165, 1.54) is 12.1 Å². The molecule has 6 nitrogen and oxygen atoms in total. The predicted molar refractivity (Wildman–Crippen MR) is 111 cm³/mol. The Kier molecular flexibility index (Phi) is 6.50. The van der Waals surface area contributed by atoms with Crippen LogP contribution in [-0.4, -0.2) is 28.8 Å². The minimum absolute atomic E-state index is 0.00965. The molecule has 3 N–H and O–H groups in total. The molecule has 0 aliphatic rings. The summed E-state index contributed by atoms with van der Waals surface area (Å²) in [4.78, 5) is 22.8. The van der Waals surface area contributed by atoms with Crippen LogP contribution in [0.15, 0.2) is 53.0 Å². The van der Waals surface area contributed by atoms with Gasteiger partial charge in [0.25, 0.3) is 0 Å². The molecule has 0 radical (unpaired) electrons. The summed E-state index contributed by atoms with van der Waals surface area (Å²) >= 11 is 4.33. The van der Waals surface area contributed by atoms with Gasteiger partial charge in [0.05, 0.1) is 9.35 Å². The van der Waals surface area contributed by atoms with Crippen molar-refractivity contribution in [1.82, 2.24) is 0 Å². The summed E-state index contributed by atoms with van der Waals surface area (Å²) < 4.78 is 18.6. The van der Waals surface area contributed by atoms with Crippen molar-refractivity contribution in [2.24, 2.45) is 0 Å². The van der Waals surface area contributed by atoms with E-state index in [2.05, 4.69) is 21.2 Å². The first-order valence-electron chi connectivity index (χ1n) is 8.34. The Labute approximate surface area is 177 Å². The average Bonchev–Trinajstić information content (AvgIpc) is 3.03. The van der Waals surface area contributed by atoms with Crippen molar-refractivity contribution in [3.05, 3.63) is 69.3 Å². The second kappa shape index (κ2) is 9.06. The first-order chi connectivity index (χ1) is 13.8. The highest BCUT2D eigenvalue weighted by Gasteiger charge is 2.24. The highest BCUT2D eigenvalue weighted by atomic mass is 79.9. The van der Waals surface area contributed by atoms with Crippen LogP contribution in [0.2, 0.25) is 0 Å². The summed E-state index contributed by atoms with van der Waals surface area (Å²) in [7, 11) is 0. The number of benzene rings is 2. The Balaban J connectivity index is 1.85. The maximum absolute atomic E-state index is 13.0. The summed E-state index contributed by atoms with van der Waals surface area (Å²) in [5.41, 5.74) is 2.43. The molecule has 0 spiro atoms. The van der Waals surface area contributed by atoms with Gasteiger partial charge < -0.3 is 20.3 Å². The lowest BCUT2D eigenvalue weighted by Crippen LogP contribution is -2.11. The Morgan fingerprint density at radius 3 is 2.52 bits per heavy atom. The lowest BCUT2D eigenvalue weighted by atomic mass is 10.1. The molecule has 150 valence electrons. The number of aliphatic carboxylic acids is 1. The monoisotopic (exact) mass is 479 g/mol. The third kappa shape index (κ3) is 5.12. The van der Waals surface area contributed by atoms with Gasteiger partial charge in [0.15, 0.2) is 17.2 Å². The number of hydrogen-bond acceptors (Lipinski definition) is 5. The topological polar surface area (TPSA) is 95.9 Å². The second-order valence-electron chi connectivity index (χ2n) is 5.95. The molecule has 9 heteroatoms. The lowest BCUT2D eigenvalue weighted by molar-refractivity contribution is -0.139. The lowest BCUT2D eigenvalue weighted by Gasteiger charge is -2.09. The maximum atomic E-state index is 13.0. The molecule has 29 heavy (non-hydrogen) atoms. The first-order valence-corrected chi connectivity index (χ1v) is 9.95. The van der Waals surface area contributed by atoms with E-state index >= 15 is 0 Å². The van der Waals surface area contributed by atoms with Gasteiger partial charge >= 0.3 is 11.9 Å². The number of carbonyl (C=O) groups is 2. The zero-order valence-electron chi connectivity index (χ0n) is 14.8. The third-order valence-electron chi connectivity index (χ3n) is 3.88. The molecule has 1 heterocycles. The fraction of sp³-hybridized carbons (Fsp3) is 0.100. The van der Waals surface area contributed by atoms with Crippen LogP contribution in [0.4, 0.5) is 10.1 Å². The summed E-state index contributed by atoms with van der Waals surface area (Å²) in [6, 6.07) is 13.5. The molecule has 0 aliphatic heterocycles. The number of anilines is 1. The maximum Gasteiger partial charge on any atom is 0.349 e. The first kappa shape index (κ1) is 20.8. The van der Waals surface area contributed by atoms with Gasteiger partial charge in [-0.15, -0.1) is 11.3 Å². The molecular formula is C20H15BrFNO5S. The van der Waals surface area contributed by atoms with Gasteiger partial charge in [0.2, 0.25) is 0 Å². The molecule has 1 aromatic heterocycles. The summed E-state index contributed by atoms with van der Waals surface area (Å²) in [6.07, 6.45) is 0. The predicted octanol–water partition coefficient (Wildman–Crippen LogP) is 5.09. The van der Waals surface area contributed by atoms with Crippen LogP contribution < -0.4 is 10.1 Å². The van der Waals surface area contributed by atoms with Crippen molar-refractivity contribution in [2.45, 2.75) is 6.54 Å². The molecule has 0 unspecified atom stereocenters. The van der Waals surface area contributed by atoms with Gasteiger partial charge in [0.1, 0.15) is 5.82 Å². The number of rotatable bonds is 8. The van der Waals surface area contributed by atoms with Crippen LogP contribution in [0.5, 0.6) is 5.75 Å². The summed E-state index contributed by atoms with van der Waals surface area (Å²) in [5, 5.41) is 21.5. The summed E-state index contributed by atoms with van der Waals surface area (Å²) in [6.45, 7) is -0.156. The Bertz CT molecular complexity index is 1050. The Morgan fingerprint density at radius 1 is 1.14 bits per heavy atom. The van der Waals surface area contributed by atoms with E-state index in [1.807, 2.05) is 24.3 Å². The van der Waals surface area contributed by atoms with E-state index in [9.17, 15) is 19.1 Å². The molecule has 0 saturated heterocycles. The van der Waals surface area contributed by atoms with E-state index in [1.54, 1.807) is 12.1 Å². The van der Waals surface area contributed by atoms with Crippen molar-refractivity contribution in [2.75, 3.05) is 11.9 Å². The van der Waals surface area contributed by atoms with Crippen LogP contribution in [-0.2, 0) is 11.3 Å². The number of nitrogens with one attached hydrogen (secondary N) is 1. The van der Waals surface area contributed by atoms with E-state index in [4.69, 9.17) is 9.84 Å². The minimum Gasteiger partial charge on any atom is -0.479 e. The number of aromatic carboxylic acids is 1. The van der Waals surface area contributed by atoms with E-state index < -0.39 is 18.5 Å². The molecule has 0 atom stereocenters. The fourth-order valence-electron chi connectivity index (χ4n) is 2.56. The molecule has 0 aliphatic carbocycles. The van der Waals surface area contributed by atoms with Crippen molar-refractivity contribution in [3.8, 4) is 16.2 Å². The standard InChI is InChI=1S/C20H15BrFNO5S/c21-16-17(28-10-15(24)25)19(20(26)27)29-18(16)12-2-1-3-14(8-12)23-9-11-4-6-13(22)7-5-11/h1-8,23H,9-10H2,(H,24,25)(H,26,27). The SMILES string of the molecule is O=C(O)COc1c(C(=O)O)sc(-c2cccc(NCc3ccc(F)cc3)c2)c1Br. The molecule has 0 amide bonds. The largest absolute Gasteiger partial charge is 0.479 e. The minimum atomic E-state index is -1.20. The number of hydrogen-bond donors (Lipinski definition) is 3. The van der Waals surface area contributed by atoms with Crippen LogP contribution in [0.25, 0.3) is 10.4 Å². The van der Waals surface area contributed by atoms with Crippen molar-refractivity contribution in [3.63, 3.8) is 0 Å². The third-order valence-corrected chi connectivity index (χ3v) is 6.11. The number of carboxylic acid groups (broad SMARTS) is 2. The van der Waals surface area contributed by atoms with Gasteiger partial charge in [0, 0.05) is 12.2 Å². The summed E-state index contributed by atoms with van der Waals surface area (Å²) in [5.74, 6) is -2.71. The van der Waals surface area contributed by atoms with E-state index in [-0.39, 0.29) is 16.4 Å². The molecule has 3 aromatic rings. The number of carboxylic acids is 2. The van der Waals surface area contributed by atoms with Crippen LogP contribution in [0, 0.1) is 5.82 Å². The van der Waals surface area contributed by atoms with Gasteiger partial charge in [-0.25, -0.2) is 14.0 Å². The van der Waals surface area contributed by atoms with Crippen LogP contribution >= 0.6 is 27.3 Å². The van der Waals surface area contributed by atoms with E-state index in [0.717, 1.165) is 28.2 Å². The van der Waals surface area contributed by atoms with Crippen LogP contribution in [0.1, 0.15) is 15.2 Å². The highest BCUT2D eigenvalue weighted by Crippen LogP contribution is 2.46. The number of thiophene rings is 1. The molecule has 0 saturated carbocycles. The van der Waals surface area contributed by atoms with Gasteiger partial charge in [-0.2, -0.15) is 0 Å². The normalized spacial score (nSPS) is 10.6. The van der Waals surface area contributed by atoms with Crippen molar-refractivity contribution in [1.29, 1.82) is 0 Å².